The van der Waals surface area contributed by atoms with E-state index in [4.69, 9.17) is 0 Å². The normalized spacial score (nSPS) is 14.9. The van der Waals surface area contributed by atoms with E-state index in [2.05, 4.69) is 9.97 Å². The van der Waals surface area contributed by atoms with Crippen molar-refractivity contribution in [3.05, 3.63) is 57.5 Å². The zero-order chi connectivity index (χ0) is 20.1. The molecule has 0 unspecified atom stereocenters. The van der Waals surface area contributed by atoms with Gasteiger partial charge in [-0.3, -0.25) is 14.4 Å². The second-order valence-electron chi connectivity index (χ2n) is 7.02. The number of carbonyl (C=O) groups is 2. The number of amides is 1. The summed E-state index contributed by atoms with van der Waals surface area (Å²) in [6.45, 7) is 2.97. The van der Waals surface area contributed by atoms with Crippen molar-refractivity contribution in [2.24, 2.45) is 5.92 Å². The lowest BCUT2D eigenvalue weighted by atomic mass is 9.89. The average Bonchev–Trinajstić information content (AvgIpc) is 2.73. The van der Waals surface area contributed by atoms with E-state index >= 15 is 0 Å². The summed E-state index contributed by atoms with van der Waals surface area (Å²) in [6.07, 6.45) is 3.88. The molecule has 148 valence electrons. The van der Waals surface area contributed by atoms with Crippen molar-refractivity contribution >= 4 is 23.5 Å². The number of aromatic amines is 1. The van der Waals surface area contributed by atoms with Gasteiger partial charge in [0.1, 0.15) is 0 Å². The molecule has 28 heavy (non-hydrogen) atoms. The highest BCUT2D eigenvalue weighted by molar-refractivity contribution is 7.98. The van der Waals surface area contributed by atoms with E-state index in [0.29, 0.717) is 48.8 Å². The molecule has 2 aromatic rings. The number of H-pyrrole nitrogens is 1. The van der Waals surface area contributed by atoms with Crippen LogP contribution in [0.4, 0.5) is 0 Å². The number of rotatable bonds is 6. The predicted octanol–water partition coefficient (Wildman–Crippen LogP) is 2.85. The Balaban J connectivity index is 1.53. The molecule has 0 aliphatic carbocycles. The number of thioether (sulfide) groups is 1. The number of ketones is 1. The molecule has 0 bridgehead atoms. The van der Waals surface area contributed by atoms with Crippen LogP contribution in [0.25, 0.3) is 0 Å². The quantitative estimate of drug-likeness (QED) is 0.459. The SMILES string of the molecule is CSc1nc(C)c(CCC(=O)N2CCC(C(=O)c3ccccc3)CC2)c(=O)[nH]1. The van der Waals surface area contributed by atoms with Gasteiger partial charge >= 0.3 is 0 Å². The van der Waals surface area contributed by atoms with Gasteiger partial charge in [0.2, 0.25) is 5.91 Å². The molecule has 1 aliphatic rings. The van der Waals surface area contributed by atoms with Crippen LogP contribution in [-0.4, -0.2) is 45.9 Å². The van der Waals surface area contributed by atoms with Gasteiger partial charge in [-0.2, -0.15) is 0 Å². The third-order valence-electron chi connectivity index (χ3n) is 5.26. The molecule has 0 atom stereocenters. The minimum Gasteiger partial charge on any atom is -0.343 e. The largest absolute Gasteiger partial charge is 0.343 e. The van der Waals surface area contributed by atoms with Gasteiger partial charge in [-0.1, -0.05) is 42.1 Å². The molecule has 6 nitrogen and oxygen atoms in total. The zero-order valence-electron chi connectivity index (χ0n) is 16.2. The number of piperidine rings is 1. The number of hydrogen-bond donors (Lipinski definition) is 1. The van der Waals surface area contributed by atoms with Crippen LogP contribution in [0.2, 0.25) is 0 Å². The van der Waals surface area contributed by atoms with E-state index in [1.54, 1.807) is 6.92 Å². The van der Waals surface area contributed by atoms with Crippen molar-refractivity contribution in [1.29, 1.82) is 0 Å². The Kier molecular flexibility index (Phi) is 6.67. The molecule has 3 rings (SSSR count). The van der Waals surface area contributed by atoms with Crippen molar-refractivity contribution < 1.29 is 9.59 Å². The summed E-state index contributed by atoms with van der Waals surface area (Å²) in [6, 6.07) is 9.33. The first-order valence-corrected chi connectivity index (χ1v) is 10.7. The van der Waals surface area contributed by atoms with Gasteiger partial charge in [-0.25, -0.2) is 4.98 Å². The summed E-state index contributed by atoms with van der Waals surface area (Å²) in [5.41, 5.74) is 1.81. The number of carbonyl (C=O) groups excluding carboxylic acids is 2. The Morgan fingerprint density at radius 3 is 2.50 bits per heavy atom. The second-order valence-corrected chi connectivity index (χ2v) is 7.82. The highest BCUT2D eigenvalue weighted by Crippen LogP contribution is 2.22. The highest BCUT2D eigenvalue weighted by atomic mass is 32.2. The van der Waals surface area contributed by atoms with E-state index < -0.39 is 0 Å². The van der Waals surface area contributed by atoms with E-state index in [9.17, 15) is 14.4 Å². The van der Waals surface area contributed by atoms with E-state index in [-0.39, 0.29) is 29.6 Å². The second kappa shape index (κ2) is 9.19. The molecule has 0 radical (unpaired) electrons. The van der Waals surface area contributed by atoms with Crippen LogP contribution in [0.15, 0.2) is 40.3 Å². The third kappa shape index (κ3) is 4.70. The number of benzene rings is 1. The fraction of sp³-hybridized carbons (Fsp3) is 0.429. The summed E-state index contributed by atoms with van der Waals surface area (Å²) >= 11 is 1.38. The fourth-order valence-electron chi connectivity index (χ4n) is 3.59. The summed E-state index contributed by atoms with van der Waals surface area (Å²) in [5, 5.41) is 0.586. The number of nitrogens with zero attached hydrogens (tertiary/aromatic N) is 2. The van der Waals surface area contributed by atoms with Gasteiger partial charge in [0.25, 0.3) is 5.56 Å². The Hall–Kier alpha value is -2.41. The molecule has 1 saturated heterocycles. The molecule has 1 amide bonds. The van der Waals surface area contributed by atoms with Crippen molar-refractivity contribution in [3.63, 3.8) is 0 Å². The van der Waals surface area contributed by atoms with Crippen LogP contribution in [0.3, 0.4) is 0 Å². The van der Waals surface area contributed by atoms with Crippen LogP contribution >= 0.6 is 11.8 Å². The minimum atomic E-state index is -0.170. The summed E-state index contributed by atoms with van der Waals surface area (Å²) < 4.78 is 0. The number of aromatic nitrogens is 2. The Morgan fingerprint density at radius 1 is 1.21 bits per heavy atom. The summed E-state index contributed by atoms with van der Waals surface area (Å²) in [4.78, 5) is 46.2. The molecule has 1 aromatic heterocycles. The average molecular weight is 400 g/mol. The number of Topliss-reactive ketones (excluding diaryl/α,β-unsaturated/α-hetero) is 1. The van der Waals surface area contributed by atoms with Crippen molar-refractivity contribution in [3.8, 4) is 0 Å². The van der Waals surface area contributed by atoms with E-state index in [1.807, 2.05) is 41.5 Å². The van der Waals surface area contributed by atoms with Gasteiger partial charge in [0.05, 0.1) is 0 Å². The maximum atomic E-state index is 12.6. The van der Waals surface area contributed by atoms with Gasteiger partial charge < -0.3 is 9.88 Å². The van der Waals surface area contributed by atoms with Crippen LogP contribution in [0.1, 0.15) is 40.9 Å². The van der Waals surface area contributed by atoms with Crippen molar-refractivity contribution in [2.75, 3.05) is 19.3 Å². The molecule has 1 N–H and O–H groups in total. The molecular weight excluding hydrogens is 374 g/mol. The molecule has 2 heterocycles. The van der Waals surface area contributed by atoms with E-state index in [0.717, 1.165) is 5.56 Å². The van der Waals surface area contributed by atoms with Crippen molar-refractivity contribution in [2.45, 2.75) is 37.8 Å². The summed E-state index contributed by atoms with van der Waals surface area (Å²) in [5.74, 6) is 0.160. The molecule has 0 saturated carbocycles. The smallest absolute Gasteiger partial charge is 0.254 e. The molecule has 1 fully saturated rings. The maximum Gasteiger partial charge on any atom is 0.254 e. The number of hydrogen-bond acceptors (Lipinski definition) is 5. The van der Waals surface area contributed by atoms with Gasteiger partial charge in [0, 0.05) is 42.2 Å². The lowest BCUT2D eigenvalue weighted by Crippen LogP contribution is -2.40. The predicted molar refractivity (Wildman–Crippen MR) is 110 cm³/mol. The monoisotopic (exact) mass is 399 g/mol. The summed E-state index contributed by atoms with van der Waals surface area (Å²) in [7, 11) is 0. The van der Waals surface area contributed by atoms with Crippen LogP contribution in [0.5, 0.6) is 0 Å². The first kappa shape index (κ1) is 20.3. The Labute approximate surface area is 168 Å². The lowest BCUT2D eigenvalue weighted by molar-refractivity contribution is -0.132. The first-order chi connectivity index (χ1) is 13.5. The Bertz CT molecular complexity index is 903. The van der Waals surface area contributed by atoms with Gasteiger partial charge in [0.15, 0.2) is 10.9 Å². The van der Waals surface area contributed by atoms with Crippen LogP contribution in [-0.2, 0) is 11.2 Å². The number of likely N-dealkylation sites (tertiary alicyclic amines) is 1. The van der Waals surface area contributed by atoms with Crippen molar-refractivity contribution in [1.82, 2.24) is 14.9 Å². The molecule has 7 heteroatoms. The third-order valence-corrected chi connectivity index (χ3v) is 5.84. The first-order valence-electron chi connectivity index (χ1n) is 9.50. The number of aryl methyl sites for hydroxylation is 1. The molecule has 0 spiro atoms. The Morgan fingerprint density at radius 2 is 1.89 bits per heavy atom. The molecule has 1 aromatic carbocycles. The fourth-order valence-corrected chi connectivity index (χ4v) is 4.02. The van der Waals surface area contributed by atoms with Crippen LogP contribution < -0.4 is 5.56 Å². The lowest BCUT2D eigenvalue weighted by Gasteiger charge is -2.31. The molecular formula is C21H25N3O3S. The standard InChI is InChI=1S/C21H25N3O3S/c1-14-17(20(27)23-21(22-14)28-2)8-9-18(25)24-12-10-16(11-13-24)19(26)15-6-4-3-5-7-15/h3-7,16H,8-13H2,1-2H3,(H,22,23,27). The maximum absolute atomic E-state index is 12.6. The van der Waals surface area contributed by atoms with Gasteiger partial charge in [-0.05, 0) is 32.4 Å². The molecule has 1 aliphatic heterocycles. The topological polar surface area (TPSA) is 83.1 Å². The van der Waals surface area contributed by atoms with Gasteiger partial charge in [-0.15, -0.1) is 0 Å². The minimum absolute atomic E-state index is 0.0263. The zero-order valence-corrected chi connectivity index (χ0v) is 17.1. The number of nitrogens with one attached hydrogen (secondary N) is 1. The van der Waals surface area contributed by atoms with E-state index in [1.165, 1.54) is 11.8 Å². The van der Waals surface area contributed by atoms with Crippen LogP contribution in [0, 0.1) is 12.8 Å². The highest BCUT2D eigenvalue weighted by Gasteiger charge is 2.27.